The van der Waals surface area contributed by atoms with Crippen molar-refractivity contribution in [2.45, 2.75) is 45.3 Å². The minimum Gasteiger partial charge on any atom is -0.487 e. The van der Waals surface area contributed by atoms with Crippen LogP contribution in [0.25, 0.3) is 0 Å². The average Bonchev–Trinajstić information content (AvgIpc) is 2.63. The number of nitrogens with zero attached hydrogens (tertiary/aromatic N) is 2. The fourth-order valence-corrected chi connectivity index (χ4v) is 3.35. The Morgan fingerprint density at radius 2 is 1.81 bits per heavy atom. The highest BCUT2D eigenvalue weighted by atomic mass is 19.1. The van der Waals surface area contributed by atoms with Gasteiger partial charge < -0.3 is 24.6 Å². The number of rotatable bonds is 3. The number of piperazine rings is 1. The van der Waals surface area contributed by atoms with Crippen molar-refractivity contribution in [1.29, 1.82) is 0 Å². The van der Waals surface area contributed by atoms with E-state index in [9.17, 15) is 9.18 Å². The second-order valence-corrected chi connectivity index (χ2v) is 8.14. The number of nitrogens with one attached hydrogen (secondary N) is 1. The zero-order valence-corrected chi connectivity index (χ0v) is 16.5. The van der Waals surface area contributed by atoms with Crippen LogP contribution in [0.3, 0.4) is 0 Å². The lowest BCUT2D eigenvalue weighted by atomic mass is 10.1. The fourth-order valence-electron chi connectivity index (χ4n) is 3.35. The van der Waals surface area contributed by atoms with Gasteiger partial charge in [0.2, 0.25) is 0 Å². The van der Waals surface area contributed by atoms with Crippen LogP contribution < -0.4 is 15.0 Å². The van der Waals surface area contributed by atoms with Crippen LogP contribution in [0.2, 0.25) is 0 Å². The predicted octanol–water partition coefficient (Wildman–Crippen LogP) is 3.01. The molecule has 1 aromatic rings. The molecule has 2 heterocycles. The summed E-state index contributed by atoms with van der Waals surface area (Å²) in [7, 11) is 0. The van der Waals surface area contributed by atoms with Crippen LogP contribution in [0.1, 0.15) is 33.6 Å². The Kier molecular flexibility index (Phi) is 6.09. The standard InChI is InChI=1S/C20H30FN3O3/c1-20(2,3)27-19(25)24-12-10-23(11-13-24)15-4-5-17(21)18(14-15)26-16-6-8-22-9-7-16/h4-5,14,16,22H,6-13H2,1-3H3. The van der Waals surface area contributed by atoms with Crippen molar-refractivity contribution < 1.29 is 18.7 Å². The number of carbonyl (C=O) groups excluding carboxylic acids is 1. The van der Waals surface area contributed by atoms with Crippen LogP contribution in [0.5, 0.6) is 5.75 Å². The van der Waals surface area contributed by atoms with E-state index < -0.39 is 5.60 Å². The molecule has 3 rings (SSSR count). The first-order valence-electron chi connectivity index (χ1n) is 9.71. The predicted molar refractivity (Wildman–Crippen MR) is 103 cm³/mol. The van der Waals surface area contributed by atoms with Gasteiger partial charge >= 0.3 is 6.09 Å². The van der Waals surface area contributed by atoms with Crippen molar-refractivity contribution in [2.24, 2.45) is 0 Å². The first-order valence-corrected chi connectivity index (χ1v) is 9.71. The van der Waals surface area contributed by atoms with Crippen molar-refractivity contribution in [3.63, 3.8) is 0 Å². The summed E-state index contributed by atoms with van der Waals surface area (Å²) in [4.78, 5) is 16.1. The van der Waals surface area contributed by atoms with Gasteiger partial charge in [0.25, 0.3) is 0 Å². The lowest BCUT2D eigenvalue weighted by Crippen LogP contribution is -2.50. The lowest BCUT2D eigenvalue weighted by Gasteiger charge is -2.37. The summed E-state index contributed by atoms with van der Waals surface area (Å²) in [5.41, 5.74) is 0.427. The van der Waals surface area contributed by atoms with Crippen LogP contribution in [-0.4, -0.2) is 62.0 Å². The molecule has 0 spiro atoms. The Morgan fingerprint density at radius 3 is 2.44 bits per heavy atom. The number of amides is 1. The third-order valence-electron chi connectivity index (χ3n) is 4.79. The van der Waals surface area contributed by atoms with Crippen molar-refractivity contribution in [3.05, 3.63) is 24.0 Å². The monoisotopic (exact) mass is 379 g/mol. The van der Waals surface area contributed by atoms with E-state index in [1.807, 2.05) is 20.8 Å². The van der Waals surface area contributed by atoms with Gasteiger partial charge in [-0.2, -0.15) is 0 Å². The number of benzene rings is 1. The molecular formula is C20H30FN3O3. The van der Waals surface area contributed by atoms with E-state index in [2.05, 4.69) is 10.2 Å². The number of piperidine rings is 1. The highest BCUT2D eigenvalue weighted by Crippen LogP contribution is 2.28. The molecule has 2 aliphatic rings. The lowest BCUT2D eigenvalue weighted by molar-refractivity contribution is 0.0240. The third-order valence-corrected chi connectivity index (χ3v) is 4.79. The van der Waals surface area contributed by atoms with Gasteiger partial charge in [-0.1, -0.05) is 0 Å². The van der Waals surface area contributed by atoms with E-state index in [1.54, 1.807) is 17.0 Å². The smallest absolute Gasteiger partial charge is 0.410 e. The number of halogens is 1. The van der Waals surface area contributed by atoms with Crippen LogP contribution in [0.15, 0.2) is 18.2 Å². The molecule has 0 aromatic heterocycles. The largest absolute Gasteiger partial charge is 0.487 e. The Labute approximate surface area is 160 Å². The van der Waals surface area contributed by atoms with Crippen molar-refractivity contribution >= 4 is 11.8 Å². The molecule has 1 aromatic carbocycles. The SMILES string of the molecule is CC(C)(C)OC(=O)N1CCN(c2ccc(F)c(OC3CCNCC3)c2)CC1. The molecule has 7 heteroatoms. The first-order chi connectivity index (χ1) is 12.8. The molecule has 2 saturated heterocycles. The molecule has 1 amide bonds. The van der Waals surface area contributed by atoms with Gasteiger partial charge in [0.05, 0.1) is 0 Å². The summed E-state index contributed by atoms with van der Waals surface area (Å²) in [6, 6.07) is 5.01. The summed E-state index contributed by atoms with van der Waals surface area (Å²) in [5.74, 6) is -0.0151. The van der Waals surface area contributed by atoms with Crippen molar-refractivity contribution in [1.82, 2.24) is 10.2 Å². The van der Waals surface area contributed by atoms with Gasteiger partial charge in [-0.3, -0.25) is 0 Å². The molecule has 0 aliphatic carbocycles. The van der Waals surface area contributed by atoms with Gasteiger partial charge in [0, 0.05) is 37.9 Å². The maximum atomic E-state index is 14.2. The van der Waals surface area contributed by atoms with Crippen LogP contribution in [0, 0.1) is 5.82 Å². The minimum atomic E-state index is -0.494. The van der Waals surface area contributed by atoms with Gasteiger partial charge in [-0.25, -0.2) is 9.18 Å². The van der Waals surface area contributed by atoms with Crippen LogP contribution in [0.4, 0.5) is 14.9 Å². The Morgan fingerprint density at radius 1 is 1.15 bits per heavy atom. The zero-order chi connectivity index (χ0) is 19.4. The van der Waals surface area contributed by atoms with Gasteiger partial charge in [-0.05, 0) is 58.8 Å². The summed E-state index contributed by atoms with van der Waals surface area (Å²) in [5, 5.41) is 3.28. The van der Waals surface area contributed by atoms with E-state index in [4.69, 9.17) is 9.47 Å². The highest BCUT2D eigenvalue weighted by molar-refractivity contribution is 5.68. The maximum Gasteiger partial charge on any atom is 0.410 e. The molecule has 0 saturated carbocycles. The summed E-state index contributed by atoms with van der Waals surface area (Å²) in [6.07, 6.45) is 1.55. The van der Waals surface area contributed by atoms with Crippen LogP contribution in [-0.2, 0) is 4.74 Å². The molecule has 27 heavy (non-hydrogen) atoms. The van der Waals surface area contributed by atoms with E-state index in [1.165, 1.54) is 6.07 Å². The Bertz CT molecular complexity index is 648. The van der Waals surface area contributed by atoms with Gasteiger partial charge in [-0.15, -0.1) is 0 Å². The summed E-state index contributed by atoms with van der Waals surface area (Å²) in [6.45, 7) is 9.91. The normalized spacial score (nSPS) is 19.1. The summed E-state index contributed by atoms with van der Waals surface area (Å²) < 4.78 is 25.5. The minimum absolute atomic E-state index is 0.0556. The number of hydrogen-bond donors (Lipinski definition) is 1. The number of hydrogen-bond acceptors (Lipinski definition) is 5. The first kappa shape index (κ1) is 19.7. The van der Waals surface area contributed by atoms with Crippen molar-refractivity contribution in [2.75, 3.05) is 44.2 Å². The second-order valence-electron chi connectivity index (χ2n) is 8.14. The average molecular weight is 379 g/mol. The van der Waals surface area contributed by atoms with Crippen molar-refractivity contribution in [3.8, 4) is 5.75 Å². The fraction of sp³-hybridized carbons (Fsp3) is 0.650. The zero-order valence-electron chi connectivity index (χ0n) is 16.5. The molecule has 0 bridgehead atoms. The molecule has 0 atom stereocenters. The van der Waals surface area contributed by atoms with Gasteiger partial charge in [0.1, 0.15) is 11.7 Å². The number of anilines is 1. The highest BCUT2D eigenvalue weighted by Gasteiger charge is 2.26. The van der Waals surface area contributed by atoms with E-state index in [0.717, 1.165) is 31.6 Å². The molecule has 1 N–H and O–H groups in total. The topological polar surface area (TPSA) is 54.0 Å². The molecule has 0 unspecified atom stereocenters. The Hall–Kier alpha value is -2.02. The molecule has 2 fully saturated rings. The molecule has 0 radical (unpaired) electrons. The molecule has 2 aliphatic heterocycles. The number of ether oxygens (including phenoxy) is 2. The molecule has 6 nitrogen and oxygen atoms in total. The summed E-state index contributed by atoms with van der Waals surface area (Å²) >= 11 is 0. The second kappa shape index (κ2) is 8.33. The van der Waals surface area contributed by atoms with E-state index >= 15 is 0 Å². The molecular weight excluding hydrogens is 349 g/mol. The van der Waals surface area contributed by atoms with Gasteiger partial charge in [0.15, 0.2) is 11.6 Å². The third kappa shape index (κ3) is 5.48. The van der Waals surface area contributed by atoms with E-state index in [0.29, 0.717) is 31.9 Å². The maximum absolute atomic E-state index is 14.2. The quantitative estimate of drug-likeness (QED) is 0.875. The number of carbonyl (C=O) groups is 1. The van der Waals surface area contributed by atoms with Crippen LogP contribution >= 0.6 is 0 Å². The van der Waals surface area contributed by atoms with E-state index in [-0.39, 0.29) is 18.0 Å². The molecule has 150 valence electrons. The Balaban J connectivity index is 1.59.